The molecule has 2 heterocycles. The van der Waals surface area contributed by atoms with E-state index in [1.165, 1.54) is 5.69 Å². The zero-order valence-electron chi connectivity index (χ0n) is 7.66. The molecule has 0 fully saturated rings. The first-order chi connectivity index (χ1) is 6.25. The lowest BCUT2D eigenvalue weighted by Gasteiger charge is -2.23. The maximum absolute atomic E-state index is 10.8. The molecule has 0 aliphatic carbocycles. The molecule has 70 valence electrons. The van der Waals surface area contributed by atoms with Crippen molar-refractivity contribution in [1.29, 1.82) is 0 Å². The van der Waals surface area contributed by atoms with Crippen LogP contribution in [0.2, 0.25) is 0 Å². The molecule has 4 heteroatoms. The van der Waals surface area contributed by atoms with E-state index in [4.69, 9.17) is 0 Å². The Labute approximate surface area is 77.0 Å². The zero-order valence-corrected chi connectivity index (χ0v) is 7.66. The van der Waals surface area contributed by atoms with Crippen molar-refractivity contribution in [3.8, 4) is 0 Å². The Hall–Kier alpha value is -1.32. The lowest BCUT2D eigenvalue weighted by molar-refractivity contribution is -0.119. The predicted molar refractivity (Wildman–Crippen MR) is 48.2 cm³/mol. The number of carbonyl (C=O) groups is 1. The third kappa shape index (κ3) is 1.71. The summed E-state index contributed by atoms with van der Waals surface area (Å²) in [5.41, 5.74) is 1.21. The Balaban J connectivity index is 2.04. The van der Waals surface area contributed by atoms with Crippen LogP contribution in [0.3, 0.4) is 0 Å². The first kappa shape index (κ1) is 8.29. The lowest BCUT2D eigenvalue weighted by atomic mass is 10.0. The predicted octanol–water partition coefficient (Wildman–Crippen LogP) is 0.334. The van der Waals surface area contributed by atoms with E-state index in [0.29, 0.717) is 6.04 Å². The van der Waals surface area contributed by atoms with Gasteiger partial charge in [-0.25, -0.2) is 4.98 Å². The van der Waals surface area contributed by atoms with Gasteiger partial charge in [0, 0.05) is 37.8 Å². The van der Waals surface area contributed by atoms with Gasteiger partial charge in [-0.15, -0.1) is 0 Å². The second kappa shape index (κ2) is 3.20. The largest absolute Gasteiger partial charge is 0.353 e. The minimum atomic E-state index is 0.0537. The summed E-state index contributed by atoms with van der Waals surface area (Å²) in [5, 5.41) is 2.93. The zero-order chi connectivity index (χ0) is 9.26. The van der Waals surface area contributed by atoms with Crippen LogP contribution in [-0.2, 0) is 17.8 Å². The number of amides is 1. The van der Waals surface area contributed by atoms with Crippen molar-refractivity contribution in [2.24, 2.45) is 0 Å². The van der Waals surface area contributed by atoms with Crippen LogP contribution in [0.4, 0.5) is 0 Å². The van der Waals surface area contributed by atoms with Crippen LogP contribution in [0.1, 0.15) is 19.0 Å². The van der Waals surface area contributed by atoms with Gasteiger partial charge >= 0.3 is 0 Å². The second-order valence-electron chi connectivity index (χ2n) is 3.47. The van der Waals surface area contributed by atoms with Crippen LogP contribution < -0.4 is 5.32 Å². The van der Waals surface area contributed by atoms with E-state index in [0.717, 1.165) is 19.4 Å². The summed E-state index contributed by atoms with van der Waals surface area (Å²) in [4.78, 5) is 14.9. The molecule has 1 amide bonds. The molecule has 1 aliphatic heterocycles. The molecule has 13 heavy (non-hydrogen) atoms. The van der Waals surface area contributed by atoms with Crippen LogP contribution in [0.5, 0.6) is 0 Å². The average Bonchev–Trinajstić information content (AvgIpc) is 2.49. The van der Waals surface area contributed by atoms with E-state index in [1.807, 2.05) is 12.5 Å². The molecule has 2 rings (SSSR count). The van der Waals surface area contributed by atoms with Gasteiger partial charge in [0.25, 0.3) is 0 Å². The molecule has 0 saturated heterocycles. The summed E-state index contributed by atoms with van der Waals surface area (Å²) in [7, 11) is 0. The second-order valence-corrected chi connectivity index (χ2v) is 3.47. The van der Waals surface area contributed by atoms with Crippen LogP contribution in [0, 0.1) is 0 Å². The van der Waals surface area contributed by atoms with Gasteiger partial charge < -0.3 is 9.88 Å². The van der Waals surface area contributed by atoms with E-state index in [-0.39, 0.29) is 5.91 Å². The number of nitrogens with zero attached hydrogens (tertiary/aromatic N) is 2. The Morgan fingerprint density at radius 2 is 2.62 bits per heavy atom. The van der Waals surface area contributed by atoms with Gasteiger partial charge in [-0.1, -0.05) is 0 Å². The SMILES string of the molecule is CC(=O)NC1CCn2cncc2C1. The molecule has 1 aliphatic rings. The fourth-order valence-electron chi connectivity index (χ4n) is 1.78. The summed E-state index contributed by atoms with van der Waals surface area (Å²) in [6, 6.07) is 0.293. The number of hydrogen-bond acceptors (Lipinski definition) is 2. The quantitative estimate of drug-likeness (QED) is 0.675. The van der Waals surface area contributed by atoms with E-state index in [1.54, 1.807) is 6.92 Å². The maximum atomic E-state index is 10.8. The minimum absolute atomic E-state index is 0.0537. The van der Waals surface area contributed by atoms with Crippen molar-refractivity contribution in [1.82, 2.24) is 14.9 Å². The van der Waals surface area contributed by atoms with E-state index in [2.05, 4.69) is 14.9 Å². The van der Waals surface area contributed by atoms with Crippen molar-refractivity contribution >= 4 is 5.91 Å². The molecule has 0 aromatic carbocycles. The van der Waals surface area contributed by atoms with Crippen molar-refractivity contribution in [3.63, 3.8) is 0 Å². The Morgan fingerprint density at radius 3 is 3.38 bits per heavy atom. The first-order valence-electron chi connectivity index (χ1n) is 4.52. The Morgan fingerprint density at radius 1 is 1.77 bits per heavy atom. The van der Waals surface area contributed by atoms with E-state index >= 15 is 0 Å². The summed E-state index contributed by atoms with van der Waals surface area (Å²) in [6.45, 7) is 2.52. The lowest BCUT2D eigenvalue weighted by Crippen LogP contribution is -2.38. The number of aromatic nitrogens is 2. The minimum Gasteiger partial charge on any atom is -0.353 e. The highest BCUT2D eigenvalue weighted by atomic mass is 16.1. The number of carbonyl (C=O) groups excluding carboxylic acids is 1. The highest BCUT2D eigenvalue weighted by Crippen LogP contribution is 2.13. The van der Waals surface area contributed by atoms with Gasteiger partial charge in [-0.2, -0.15) is 0 Å². The van der Waals surface area contributed by atoms with Crippen molar-refractivity contribution in [2.75, 3.05) is 0 Å². The highest BCUT2D eigenvalue weighted by molar-refractivity contribution is 5.73. The number of hydrogen-bond donors (Lipinski definition) is 1. The Bertz CT molecular complexity index is 318. The summed E-state index contributed by atoms with van der Waals surface area (Å²) >= 11 is 0. The normalized spacial score (nSPS) is 20.8. The molecule has 1 unspecified atom stereocenters. The van der Waals surface area contributed by atoms with Crippen LogP contribution >= 0.6 is 0 Å². The van der Waals surface area contributed by atoms with Crippen molar-refractivity contribution in [2.45, 2.75) is 32.4 Å². The van der Waals surface area contributed by atoms with Crippen molar-refractivity contribution < 1.29 is 4.79 Å². The fourth-order valence-corrected chi connectivity index (χ4v) is 1.78. The van der Waals surface area contributed by atoms with Gasteiger partial charge in [0.2, 0.25) is 5.91 Å². The molecule has 1 aromatic heterocycles. The highest BCUT2D eigenvalue weighted by Gasteiger charge is 2.18. The van der Waals surface area contributed by atoms with Crippen LogP contribution in [0.15, 0.2) is 12.5 Å². The van der Waals surface area contributed by atoms with E-state index in [9.17, 15) is 4.79 Å². The fraction of sp³-hybridized carbons (Fsp3) is 0.556. The van der Waals surface area contributed by atoms with Gasteiger partial charge in [-0.05, 0) is 6.42 Å². The van der Waals surface area contributed by atoms with Gasteiger partial charge in [0.1, 0.15) is 0 Å². The molecule has 1 atom stereocenters. The Kier molecular flexibility index (Phi) is 2.04. The van der Waals surface area contributed by atoms with Gasteiger partial charge in [-0.3, -0.25) is 4.79 Å². The smallest absolute Gasteiger partial charge is 0.217 e. The molecular weight excluding hydrogens is 166 g/mol. The summed E-state index contributed by atoms with van der Waals surface area (Å²) in [6.07, 6.45) is 5.62. The molecule has 1 N–H and O–H groups in total. The molecule has 0 radical (unpaired) electrons. The molecular formula is C9H13N3O. The number of imidazole rings is 1. The number of aryl methyl sites for hydroxylation is 1. The standard InChI is InChI=1S/C9H13N3O/c1-7(13)11-8-2-3-12-6-10-5-9(12)4-8/h5-6,8H,2-4H2,1H3,(H,11,13). The summed E-state index contributed by atoms with van der Waals surface area (Å²) in [5.74, 6) is 0.0537. The third-order valence-electron chi connectivity index (χ3n) is 2.38. The number of fused-ring (bicyclic) bond motifs is 1. The van der Waals surface area contributed by atoms with Crippen LogP contribution in [0.25, 0.3) is 0 Å². The first-order valence-corrected chi connectivity index (χ1v) is 4.52. The average molecular weight is 179 g/mol. The number of nitrogens with one attached hydrogen (secondary N) is 1. The van der Waals surface area contributed by atoms with Crippen LogP contribution in [-0.4, -0.2) is 21.5 Å². The topological polar surface area (TPSA) is 46.9 Å². The molecule has 4 nitrogen and oxygen atoms in total. The third-order valence-corrected chi connectivity index (χ3v) is 2.38. The molecule has 1 aromatic rings. The van der Waals surface area contributed by atoms with Gasteiger partial charge in [0.15, 0.2) is 0 Å². The van der Waals surface area contributed by atoms with E-state index < -0.39 is 0 Å². The summed E-state index contributed by atoms with van der Waals surface area (Å²) < 4.78 is 2.14. The molecule has 0 bridgehead atoms. The van der Waals surface area contributed by atoms with Gasteiger partial charge in [0.05, 0.1) is 6.33 Å². The monoisotopic (exact) mass is 179 g/mol. The van der Waals surface area contributed by atoms with Crippen molar-refractivity contribution in [3.05, 3.63) is 18.2 Å². The number of rotatable bonds is 1. The maximum Gasteiger partial charge on any atom is 0.217 e. The molecule has 0 saturated carbocycles. The molecule has 0 spiro atoms.